The zero-order valence-electron chi connectivity index (χ0n) is 18.0. The van der Waals surface area contributed by atoms with Crippen LogP contribution in [0.25, 0.3) is 0 Å². The highest BCUT2D eigenvalue weighted by Crippen LogP contribution is 2.15. The van der Waals surface area contributed by atoms with E-state index in [0.29, 0.717) is 25.9 Å². The number of nitrogens with zero attached hydrogens (tertiary/aromatic N) is 1. The van der Waals surface area contributed by atoms with Crippen LogP contribution in [0, 0.1) is 0 Å². The number of carboxylic acids is 1. The minimum Gasteiger partial charge on any atom is -0.491 e. The van der Waals surface area contributed by atoms with Crippen LogP contribution in [-0.2, 0) is 11.2 Å². The number of hydrogen-bond donors (Lipinski definition) is 3. The van der Waals surface area contributed by atoms with Crippen LogP contribution in [0.1, 0.15) is 63.9 Å². The number of carbonyl (C=O) groups excluding carboxylic acids is 1. The van der Waals surface area contributed by atoms with Crippen molar-refractivity contribution >= 4 is 12.0 Å². The summed E-state index contributed by atoms with van der Waals surface area (Å²) >= 11 is 0. The molecule has 2 rings (SSSR count). The van der Waals surface area contributed by atoms with Gasteiger partial charge in [0.05, 0.1) is 6.10 Å². The number of aryl methyl sites for hydroxylation is 1. The van der Waals surface area contributed by atoms with Gasteiger partial charge in [0.15, 0.2) is 0 Å². The topological polar surface area (TPSA) is 99.1 Å². The Morgan fingerprint density at radius 3 is 2.67 bits per heavy atom. The molecule has 1 fully saturated rings. The number of ether oxygens (including phenoxy) is 1. The third-order valence-electron chi connectivity index (χ3n) is 5.39. The number of carbonyl (C=O) groups is 2. The van der Waals surface area contributed by atoms with Crippen molar-refractivity contribution in [2.75, 3.05) is 19.7 Å². The number of rotatable bonds is 15. The lowest BCUT2D eigenvalue weighted by Gasteiger charge is -2.18. The van der Waals surface area contributed by atoms with E-state index < -0.39 is 12.1 Å². The third kappa shape index (κ3) is 9.03. The lowest BCUT2D eigenvalue weighted by molar-refractivity contribution is -0.137. The van der Waals surface area contributed by atoms with Gasteiger partial charge in [-0.3, -0.25) is 4.79 Å². The molecule has 1 aromatic rings. The monoisotopic (exact) mass is 420 g/mol. The van der Waals surface area contributed by atoms with Gasteiger partial charge in [0.1, 0.15) is 12.4 Å². The average molecular weight is 421 g/mol. The van der Waals surface area contributed by atoms with Crippen molar-refractivity contribution in [3.8, 4) is 5.75 Å². The maximum absolute atomic E-state index is 12.1. The Kier molecular flexibility index (Phi) is 10.5. The summed E-state index contributed by atoms with van der Waals surface area (Å²) in [4.78, 5) is 24.3. The number of benzene rings is 1. The molecular weight excluding hydrogens is 384 g/mol. The molecule has 7 nitrogen and oxygen atoms in total. The Balaban J connectivity index is 1.58. The van der Waals surface area contributed by atoms with E-state index in [1.54, 1.807) is 4.90 Å². The number of urea groups is 1. The second-order valence-corrected chi connectivity index (χ2v) is 8.09. The molecule has 3 N–H and O–H groups in total. The van der Waals surface area contributed by atoms with Crippen molar-refractivity contribution < 1.29 is 24.5 Å². The molecule has 0 aromatic heterocycles. The molecule has 1 aliphatic heterocycles. The van der Waals surface area contributed by atoms with E-state index in [1.165, 1.54) is 5.56 Å². The number of amides is 2. The molecule has 2 atom stereocenters. The van der Waals surface area contributed by atoms with Crippen molar-refractivity contribution in [2.24, 2.45) is 0 Å². The maximum Gasteiger partial charge on any atom is 0.317 e. The molecule has 0 bridgehead atoms. The fourth-order valence-corrected chi connectivity index (χ4v) is 3.66. The van der Waals surface area contributed by atoms with Crippen LogP contribution in [0.4, 0.5) is 4.79 Å². The minimum atomic E-state index is -0.744. The Labute approximate surface area is 179 Å². The SMILES string of the molecule is CCCc1ccc(OCC(O)CCN2CC(CCCCCCC(=O)O)NC2=O)cc1. The van der Waals surface area contributed by atoms with E-state index >= 15 is 0 Å². The second kappa shape index (κ2) is 13.1. The summed E-state index contributed by atoms with van der Waals surface area (Å²) in [5.74, 6) is 0.00222. The van der Waals surface area contributed by atoms with Crippen LogP contribution < -0.4 is 10.1 Å². The van der Waals surface area contributed by atoms with Gasteiger partial charge in [-0.05, 0) is 43.4 Å². The molecule has 168 valence electrons. The van der Waals surface area contributed by atoms with Crippen LogP contribution in [0.5, 0.6) is 5.75 Å². The number of nitrogens with one attached hydrogen (secondary N) is 1. The Morgan fingerprint density at radius 1 is 1.23 bits per heavy atom. The lowest BCUT2D eigenvalue weighted by Crippen LogP contribution is -2.32. The normalized spacial score (nSPS) is 17.1. The smallest absolute Gasteiger partial charge is 0.317 e. The summed E-state index contributed by atoms with van der Waals surface area (Å²) < 4.78 is 5.66. The van der Waals surface area contributed by atoms with Gasteiger partial charge < -0.3 is 25.2 Å². The molecular formula is C23H36N2O5. The summed E-state index contributed by atoms with van der Waals surface area (Å²) in [6.07, 6.45) is 6.71. The summed E-state index contributed by atoms with van der Waals surface area (Å²) in [5.41, 5.74) is 1.28. The molecule has 30 heavy (non-hydrogen) atoms. The van der Waals surface area contributed by atoms with Crippen LogP contribution in [0.3, 0.4) is 0 Å². The maximum atomic E-state index is 12.1. The van der Waals surface area contributed by atoms with Gasteiger partial charge in [-0.2, -0.15) is 0 Å². The molecule has 2 unspecified atom stereocenters. The van der Waals surface area contributed by atoms with Crippen molar-refractivity contribution in [2.45, 2.75) is 76.9 Å². The average Bonchev–Trinajstić information content (AvgIpc) is 3.08. The first kappa shape index (κ1) is 24.0. The highest BCUT2D eigenvalue weighted by Gasteiger charge is 2.28. The zero-order valence-corrected chi connectivity index (χ0v) is 18.0. The van der Waals surface area contributed by atoms with Gasteiger partial charge in [-0.15, -0.1) is 0 Å². The van der Waals surface area contributed by atoms with Crippen molar-refractivity contribution in [3.05, 3.63) is 29.8 Å². The Morgan fingerprint density at radius 2 is 1.97 bits per heavy atom. The number of unbranched alkanes of at least 4 members (excludes halogenated alkanes) is 3. The molecule has 1 heterocycles. The molecule has 2 amide bonds. The van der Waals surface area contributed by atoms with Gasteiger partial charge in [-0.1, -0.05) is 44.7 Å². The molecule has 0 radical (unpaired) electrons. The predicted molar refractivity (Wildman–Crippen MR) is 116 cm³/mol. The molecule has 7 heteroatoms. The number of aliphatic hydroxyl groups is 1. The first-order valence-corrected chi connectivity index (χ1v) is 11.1. The second-order valence-electron chi connectivity index (χ2n) is 8.09. The van der Waals surface area contributed by atoms with Crippen LogP contribution in [0.2, 0.25) is 0 Å². The van der Waals surface area contributed by atoms with E-state index in [1.807, 2.05) is 24.3 Å². The van der Waals surface area contributed by atoms with Gasteiger partial charge in [0.2, 0.25) is 0 Å². The predicted octanol–water partition coefficient (Wildman–Crippen LogP) is 3.59. The molecule has 1 saturated heterocycles. The third-order valence-corrected chi connectivity index (χ3v) is 5.39. The first-order valence-electron chi connectivity index (χ1n) is 11.1. The minimum absolute atomic E-state index is 0.0782. The molecule has 0 saturated carbocycles. The largest absolute Gasteiger partial charge is 0.491 e. The molecule has 0 spiro atoms. The highest BCUT2D eigenvalue weighted by atomic mass is 16.5. The van der Waals surface area contributed by atoms with Crippen LogP contribution in [0.15, 0.2) is 24.3 Å². The summed E-state index contributed by atoms with van der Waals surface area (Å²) in [6, 6.07) is 8.01. The summed E-state index contributed by atoms with van der Waals surface area (Å²) in [7, 11) is 0. The fraction of sp³-hybridized carbons (Fsp3) is 0.652. The molecule has 1 aliphatic rings. The van der Waals surface area contributed by atoms with E-state index in [4.69, 9.17) is 9.84 Å². The van der Waals surface area contributed by atoms with Gasteiger partial charge >= 0.3 is 12.0 Å². The summed E-state index contributed by atoms with van der Waals surface area (Å²) in [5, 5.41) is 21.8. The molecule has 1 aromatic carbocycles. The fourth-order valence-electron chi connectivity index (χ4n) is 3.66. The summed E-state index contributed by atoms with van der Waals surface area (Å²) in [6.45, 7) is 3.51. The number of hydrogen-bond acceptors (Lipinski definition) is 4. The standard InChI is InChI=1S/C23H36N2O5/c1-2-7-18-10-12-21(13-11-18)30-17-20(26)14-15-25-16-19(24-23(25)29)8-5-3-4-6-9-22(27)28/h10-13,19-20,26H,2-9,14-17H2,1H3,(H,24,29)(H,27,28). The Bertz CT molecular complexity index is 649. The first-order chi connectivity index (χ1) is 14.5. The lowest BCUT2D eigenvalue weighted by atomic mass is 10.1. The number of carboxylic acid groups (broad SMARTS) is 1. The number of aliphatic carboxylic acids is 1. The number of aliphatic hydroxyl groups excluding tert-OH is 1. The van der Waals surface area contributed by atoms with E-state index in [9.17, 15) is 14.7 Å². The van der Waals surface area contributed by atoms with Crippen LogP contribution in [-0.4, -0.2) is 59.0 Å². The zero-order chi connectivity index (χ0) is 21.8. The van der Waals surface area contributed by atoms with Crippen LogP contribution >= 0.6 is 0 Å². The highest BCUT2D eigenvalue weighted by molar-refractivity contribution is 5.76. The van der Waals surface area contributed by atoms with E-state index in [0.717, 1.165) is 44.3 Å². The molecule has 0 aliphatic carbocycles. The quantitative estimate of drug-likeness (QED) is 0.377. The van der Waals surface area contributed by atoms with Crippen molar-refractivity contribution in [3.63, 3.8) is 0 Å². The Hall–Kier alpha value is -2.28. The van der Waals surface area contributed by atoms with Gasteiger partial charge in [0, 0.05) is 25.6 Å². The van der Waals surface area contributed by atoms with Gasteiger partial charge in [0.25, 0.3) is 0 Å². The van der Waals surface area contributed by atoms with Crippen molar-refractivity contribution in [1.29, 1.82) is 0 Å². The van der Waals surface area contributed by atoms with Gasteiger partial charge in [-0.25, -0.2) is 4.79 Å². The van der Waals surface area contributed by atoms with Crippen molar-refractivity contribution in [1.82, 2.24) is 10.2 Å². The van der Waals surface area contributed by atoms with E-state index in [2.05, 4.69) is 12.2 Å². The van der Waals surface area contributed by atoms with E-state index in [-0.39, 0.29) is 25.1 Å².